The molecule has 0 rings (SSSR count). The zero-order valence-corrected chi connectivity index (χ0v) is 13.4. The molecule has 0 aliphatic carbocycles. The van der Waals surface area contributed by atoms with Crippen LogP contribution in [-0.4, -0.2) is 85.4 Å². The Morgan fingerprint density at radius 1 is 0.500 bits per heavy atom. The minimum Gasteiger partial charge on any atom is -0.544 e. The van der Waals surface area contributed by atoms with Crippen LogP contribution in [0.15, 0.2) is 0 Å². The maximum atomic E-state index is 12.8. The topological polar surface area (TPSA) is 40.1 Å². The second kappa shape index (κ2) is 6.93. The van der Waals surface area contributed by atoms with Crippen LogP contribution in [0.1, 0.15) is 0 Å². The largest absolute Gasteiger partial charge is 2.00 e. The van der Waals surface area contributed by atoms with Crippen LogP contribution in [0.25, 0.3) is 0 Å². The van der Waals surface area contributed by atoms with Gasteiger partial charge in [-0.2, -0.15) is 65.9 Å². The van der Waals surface area contributed by atoms with Gasteiger partial charge in [0.1, 0.15) is 5.97 Å². The van der Waals surface area contributed by atoms with E-state index in [1.54, 1.807) is 0 Å². The molecular weight excluding hydrogens is 453 g/mol. The first kappa shape index (κ1) is 27.9. The zero-order chi connectivity index (χ0) is 21.1. The Kier molecular flexibility index (Phi) is 7.44. The molecular formula is C8CaF15O2+. The summed E-state index contributed by atoms with van der Waals surface area (Å²) in [5.74, 6) is -53.3. The van der Waals surface area contributed by atoms with Crippen molar-refractivity contribution in [2.45, 2.75) is 41.7 Å². The van der Waals surface area contributed by atoms with Crippen LogP contribution in [0.5, 0.6) is 0 Å². The number of rotatable bonds is 6. The minimum absolute atomic E-state index is 0. The summed E-state index contributed by atoms with van der Waals surface area (Å²) in [6.45, 7) is 0. The third-order valence-electron chi connectivity index (χ3n) is 2.58. The van der Waals surface area contributed by atoms with E-state index in [1.165, 1.54) is 0 Å². The second-order valence-electron chi connectivity index (χ2n) is 4.23. The van der Waals surface area contributed by atoms with Gasteiger partial charge in [-0.15, -0.1) is 0 Å². The van der Waals surface area contributed by atoms with Crippen LogP contribution in [0, 0.1) is 0 Å². The molecule has 0 amide bonds. The predicted molar refractivity (Wildman–Crippen MR) is 46.5 cm³/mol. The second-order valence-corrected chi connectivity index (χ2v) is 4.23. The first-order valence-electron chi connectivity index (χ1n) is 4.99. The van der Waals surface area contributed by atoms with Crippen molar-refractivity contribution < 1.29 is 75.8 Å². The van der Waals surface area contributed by atoms with Crippen LogP contribution in [0.2, 0.25) is 0 Å². The minimum atomic E-state index is -8.50. The molecule has 0 N–H and O–H groups in total. The van der Waals surface area contributed by atoms with Crippen LogP contribution < -0.4 is 5.11 Å². The Balaban J connectivity index is 0. The van der Waals surface area contributed by atoms with E-state index in [2.05, 4.69) is 0 Å². The van der Waals surface area contributed by atoms with Gasteiger partial charge in [0.15, 0.2) is 0 Å². The summed E-state index contributed by atoms with van der Waals surface area (Å²) in [5, 5.41) is 9.61. The Labute approximate surface area is 161 Å². The number of hydrogen-bond donors (Lipinski definition) is 0. The van der Waals surface area contributed by atoms with Crippen molar-refractivity contribution in [2.24, 2.45) is 0 Å². The van der Waals surface area contributed by atoms with Gasteiger partial charge in [-0.3, -0.25) is 0 Å². The van der Waals surface area contributed by atoms with E-state index >= 15 is 0 Å². The molecule has 0 radical (unpaired) electrons. The molecule has 0 spiro atoms. The van der Waals surface area contributed by atoms with E-state index in [0.29, 0.717) is 0 Å². The zero-order valence-electron chi connectivity index (χ0n) is 11.2. The SMILES string of the molecule is O=C([O-])C(F)(F)C(F)(F)C(F)(F)C(F)(F)C(F)(F)C(F)(F)C(F)(F)F.[Ca+2]. The van der Waals surface area contributed by atoms with Crippen molar-refractivity contribution in [3.63, 3.8) is 0 Å². The van der Waals surface area contributed by atoms with Crippen molar-refractivity contribution in [1.82, 2.24) is 0 Å². The van der Waals surface area contributed by atoms with Crippen LogP contribution >= 0.6 is 0 Å². The molecule has 0 heterocycles. The summed E-state index contributed by atoms with van der Waals surface area (Å²) in [6.07, 6.45) is -7.71. The van der Waals surface area contributed by atoms with E-state index in [9.17, 15) is 75.8 Å². The average Bonchev–Trinajstić information content (AvgIpc) is 2.35. The average molecular weight is 453 g/mol. The Morgan fingerprint density at radius 2 is 0.731 bits per heavy atom. The molecule has 2 nitrogen and oxygen atoms in total. The molecule has 0 aromatic heterocycles. The summed E-state index contributed by atoms with van der Waals surface area (Å²) >= 11 is 0. The van der Waals surface area contributed by atoms with Crippen molar-refractivity contribution in [3.8, 4) is 0 Å². The molecule has 0 aromatic carbocycles. The maximum Gasteiger partial charge on any atom is 2.00 e. The van der Waals surface area contributed by atoms with Gasteiger partial charge in [0.05, 0.1) is 0 Å². The third-order valence-corrected chi connectivity index (χ3v) is 2.58. The molecule has 0 bridgehead atoms. The van der Waals surface area contributed by atoms with Gasteiger partial charge >= 0.3 is 79.4 Å². The molecule has 0 aliphatic heterocycles. The summed E-state index contributed by atoms with van der Waals surface area (Å²) in [5.41, 5.74) is 0. The van der Waals surface area contributed by atoms with E-state index in [4.69, 9.17) is 0 Å². The number of carbonyl (C=O) groups is 1. The van der Waals surface area contributed by atoms with Gasteiger partial charge in [-0.1, -0.05) is 0 Å². The van der Waals surface area contributed by atoms with Crippen molar-refractivity contribution in [2.75, 3.05) is 0 Å². The van der Waals surface area contributed by atoms with Gasteiger partial charge in [-0.25, -0.2) is 0 Å². The van der Waals surface area contributed by atoms with Gasteiger partial charge in [-0.05, 0) is 0 Å². The summed E-state index contributed by atoms with van der Waals surface area (Å²) in [6, 6.07) is 0. The number of hydrogen-bond acceptors (Lipinski definition) is 2. The number of halogens is 15. The summed E-state index contributed by atoms with van der Waals surface area (Å²) in [4.78, 5) is 9.61. The summed E-state index contributed by atoms with van der Waals surface area (Å²) < 4.78 is 186. The first-order valence-corrected chi connectivity index (χ1v) is 4.99. The molecule has 18 heteroatoms. The molecule has 150 valence electrons. The fourth-order valence-corrected chi connectivity index (χ4v) is 1.09. The van der Waals surface area contributed by atoms with Gasteiger partial charge in [0.25, 0.3) is 0 Å². The number of carboxylic acids is 1. The fourth-order valence-electron chi connectivity index (χ4n) is 1.09. The molecule has 0 aliphatic rings. The standard InChI is InChI=1S/C8HF15O2.Ca/c9-2(10,1(24)25)3(11,12)4(13,14)5(15,16)6(17,18)7(19,20)8(21,22)23;/h(H,24,25);/q;+2/p-1. The van der Waals surface area contributed by atoms with Crippen LogP contribution in [0.3, 0.4) is 0 Å². The molecule has 26 heavy (non-hydrogen) atoms. The van der Waals surface area contributed by atoms with Crippen LogP contribution in [0.4, 0.5) is 65.9 Å². The van der Waals surface area contributed by atoms with Gasteiger partial charge in [0.2, 0.25) is 0 Å². The van der Waals surface area contributed by atoms with Crippen LogP contribution in [-0.2, 0) is 4.79 Å². The van der Waals surface area contributed by atoms with E-state index in [0.717, 1.165) is 0 Å². The third kappa shape index (κ3) is 3.42. The number of alkyl halides is 15. The number of carboxylic acid groups (broad SMARTS) is 1. The Bertz CT molecular complexity index is 536. The maximum absolute atomic E-state index is 12.8. The predicted octanol–water partition coefficient (Wildman–Crippen LogP) is 2.73. The summed E-state index contributed by atoms with van der Waals surface area (Å²) in [7, 11) is 0. The number of aliphatic carboxylic acids is 1. The van der Waals surface area contributed by atoms with Gasteiger partial charge in [0, 0.05) is 0 Å². The monoisotopic (exact) mass is 453 g/mol. The van der Waals surface area contributed by atoms with E-state index < -0.39 is 47.7 Å². The van der Waals surface area contributed by atoms with Crippen molar-refractivity contribution >= 4 is 43.7 Å². The molecule has 0 aromatic rings. The Hall–Kier alpha value is -0.320. The smallest absolute Gasteiger partial charge is 0.544 e. The normalized spacial score (nSPS) is 15.5. The Morgan fingerprint density at radius 3 is 0.962 bits per heavy atom. The van der Waals surface area contributed by atoms with E-state index in [-0.39, 0.29) is 37.7 Å². The molecule has 0 fully saturated rings. The molecule has 0 unspecified atom stereocenters. The number of carbonyl (C=O) groups excluding carboxylic acids is 1. The molecule has 0 saturated heterocycles. The van der Waals surface area contributed by atoms with Gasteiger partial charge < -0.3 is 9.90 Å². The quantitative estimate of drug-likeness (QED) is 0.459. The first-order chi connectivity index (χ1) is 10.4. The fraction of sp³-hybridized carbons (Fsp3) is 0.875. The van der Waals surface area contributed by atoms with Crippen molar-refractivity contribution in [3.05, 3.63) is 0 Å². The van der Waals surface area contributed by atoms with E-state index in [1.807, 2.05) is 0 Å². The van der Waals surface area contributed by atoms with Crippen molar-refractivity contribution in [1.29, 1.82) is 0 Å². The molecule has 0 saturated carbocycles. The molecule has 0 atom stereocenters.